The predicted octanol–water partition coefficient (Wildman–Crippen LogP) is 5.82. The van der Waals surface area contributed by atoms with Crippen molar-refractivity contribution in [3.8, 4) is 5.75 Å². The van der Waals surface area contributed by atoms with Crippen molar-refractivity contribution in [3.63, 3.8) is 0 Å². The smallest absolute Gasteiger partial charge is 0.205 e. The predicted molar refractivity (Wildman–Crippen MR) is 113 cm³/mol. The first kappa shape index (κ1) is 19.0. The Labute approximate surface area is 172 Å². The van der Waals surface area contributed by atoms with E-state index in [1.807, 2.05) is 18.2 Å². The van der Waals surface area contributed by atoms with E-state index in [0.717, 1.165) is 15.6 Å². The molecule has 3 N–H and O–H groups in total. The van der Waals surface area contributed by atoms with Crippen LogP contribution < -0.4 is 15.9 Å². The topological polar surface area (TPSA) is 72.5 Å². The maximum atomic E-state index is 6.19. The minimum Gasteiger partial charge on any atom is -0.488 e. The van der Waals surface area contributed by atoms with Crippen molar-refractivity contribution in [2.45, 2.75) is 6.61 Å². The van der Waals surface area contributed by atoms with Gasteiger partial charge in [0, 0.05) is 31.0 Å². The number of nitrogens with two attached hydrogens (primary N) is 1. The molecule has 26 heavy (non-hydrogen) atoms. The van der Waals surface area contributed by atoms with Gasteiger partial charge in [-0.3, -0.25) is 5.43 Å². The van der Waals surface area contributed by atoms with Gasteiger partial charge in [0.1, 0.15) is 18.2 Å². The number of aromatic nitrogens is 1. The summed E-state index contributed by atoms with van der Waals surface area (Å²) in [5, 5.41) is 7.65. The number of nitrogen functional groups attached to an aromatic ring is 1. The van der Waals surface area contributed by atoms with Crippen molar-refractivity contribution in [2.24, 2.45) is 5.10 Å². The maximum absolute atomic E-state index is 6.19. The number of hydrazone groups is 1. The largest absolute Gasteiger partial charge is 0.488 e. The van der Waals surface area contributed by atoms with Gasteiger partial charge < -0.3 is 10.5 Å². The van der Waals surface area contributed by atoms with Gasteiger partial charge in [0.2, 0.25) is 5.13 Å². The number of rotatable bonds is 6. The molecule has 3 aromatic rings. The SMILES string of the molecule is Nc1csc(NN=Cc2cc(Br)ccc2OCc2c(Cl)cccc2Cl)n1. The van der Waals surface area contributed by atoms with Gasteiger partial charge in [0.15, 0.2) is 0 Å². The van der Waals surface area contributed by atoms with E-state index in [9.17, 15) is 0 Å². The number of ether oxygens (including phenoxy) is 1. The fourth-order valence-corrected chi connectivity index (χ4v) is 3.50. The number of nitrogens with zero attached hydrogens (tertiary/aromatic N) is 2. The molecule has 0 unspecified atom stereocenters. The molecule has 134 valence electrons. The molecule has 0 bridgehead atoms. The minimum atomic E-state index is 0.247. The second-order valence-corrected chi connectivity index (χ2v) is 7.71. The lowest BCUT2D eigenvalue weighted by molar-refractivity contribution is 0.306. The molecule has 0 aliphatic carbocycles. The summed E-state index contributed by atoms with van der Waals surface area (Å²) in [6.45, 7) is 0.247. The highest BCUT2D eigenvalue weighted by atomic mass is 79.9. The summed E-state index contributed by atoms with van der Waals surface area (Å²) in [5.41, 5.74) is 9.93. The molecule has 0 fully saturated rings. The van der Waals surface area contributed by atoms with E-state index in [1.54, 1.807) is 29.8 Å². The lowest BCUT2D eigenvalue weighted by Crippen LogP contribution is -2.00. The van der Waals surface area contributed by atoms with Crippen LogP contribution in [-0.2, 0) is 6.61 Å². The van der Waals surface area contributed by atoms with E-state index in [2.05, 4.69) is 31.4 Å². The van der Waals surface area contributed by atoms with Crippen LogP contribution in [0, 0.1) is 0 Å². The Balaban J connectivity index is 1.75. The summed E-state index contributed by atoms with van der Waals surface area (Å²) >= 11 is 17.2. The average molecular weight is 472 g/mol. The van der Waals surface area contributed by atoms with E-state index in [0.29, 0.717) is 26.7 Å². The van der Waals surface area contributed by atoms with E-state index < -0.39 is 0 Å². The first-order chi connectivity index (χ1) is 12.5. The molecule has 0 atom stereocenters. The fraction of sp³-hybridized carbons (Fsp3) is 0.0588. The van der Waals surface area contributed by atoms with Gasteiger partial charge in [-0.2, -0.15) is 5.10 Å². The fourth-order valence-electron chi connectivity index (χ4n) is 2.07. The zero-order valence-electron chi connectivity index (χ0n) is 13.2. The lowest BCUT2D eigenvalue weighted by Gasteiger charge is -2.12. The van der Waals surface area contributed by atoms with Gasteiger partial charge in [-0.25, -0.2) is 4.98 Å². The number of hydrogen-bond donors (Lipinski definition) is 2. The van der Waals surface area contributed by atoms with Crippen LogP contribution in [0.1, 0.15) is 11.1 Å². The first-order valence-electron chi connectivity index (χ1n) is 7.38. The third-order valence-electron chi connectivity index (χ3n) is 3.29. The van der Waals surface area contributed by atoms with Crippen molar-refractivity contribution in [1.29, 1.82) is 0 Å². The number of anilines is 2. The highest BCUT2D eigenvalue weighted by Gasteiger charge is 2.09. The number of nitrogens with one attached hydrogen (secondary N) is 1. The van der Waals surface area contributed by atoms with Crippen LogP contribution in [0.25, 0.3) is 0 Å². The minimum absolute atomic E-state index is 0.247. The molecule has 0 saturated carbocycles. The van der Waals surface area contributed by atoms with Gasteiger partial charge in [-0.1, -0.05) is 45.2 Å². The Morgan fingerprint density at radius 2 is 2.04 bits per heavy atom. The Kier molecular flexibility index (Phi) is 6.37. The molecule has 0 aliphatic rings. The van der Waals surface area contributed by atoms with Crippen molar-refractivity contribution < 1.29 is 4.74 Å². The number of hydrogen-bond acceptors (Lipinski definition) is 6. The molecule has 2 aromatic carbocycles. The molecule has 1 heterocycles. The summed E-state index contributed by atoms with van der Waals surface area (Å²) in [4.78, 5) is 4.08. The van der Waals surface area contributed by atoms with Gasteiger partial charge >= 0.3 is 0 Å². The zero-order chi connectivity index (χ0) is 18.5. The van der Waals surface area contributed by atoms with Crippen LogP contribution in [0.2, 0.25) is 10.0 Å². The van der Waals surface area contributed by atoms with Crippen molar-refractivity contribution in [3.05, 3.63) is 67.4 Å². The van der Waals surface area contributed by atoms with Crippen LogP contribution in [-0.4, -0.2) is 11.2 Å². The monoisotopic (exact) mass is 470 g/mol. The molecule has 0 saturated heterocycles. The molecule has 5 nitrogen and oxygen atoms in total. The van der Waals surface area contributed by atoms with Crippen LogP contribution in [0.4, 0.5) is 10.9 Å². The Hall–Kier alpha value is -1.80. The van der Waals surface area contributed by atoms with Crippen LogP contribution >= 0.6 is 50.5 Å². The van der Waals surface area contributed by atoms with Gasteiger partial charge in [0.05, 0.1) is 6.21 Å². The summed E-state index contributed by atoms with van der Waals surface area (Å²) in [6, 6.07) is 11.0. The summed E-state index contributed by atoms with van der Waals surface area (Å²) in [7, 11) is 0. The zero-order valence-corrected chi connectivity index (χ0v) is 17.2. The third kappa shape index (κ3) is 4.88. The number of benzene rings is 2. The van der Waals surface area contributed by atoms with E-state index >= 15 is 0 Å². The number of thiazole rings is 1. The molecule has 1 aromatic heterocycles. The molecule has 9 heteroatoms. The molecule has 0 amide bonds. The van der Waals surface area contributed by atoms with E-state index in [1.165, 1.54) is 11.3 Å². The third-order valence-corrected chi connectivity index (χ3v) is 5.26. The normalized spacial score (nSPS) is 11.0. The molecule has 0 spiro atoms. The number of halogens is 3. The summed E-state index contributed by atoms with van der Waals surface area (Å²) < 4.78 is 6.81. The van der Waals surface area contributed by atoms with Crippen molar-refractivity contribution in [1.82, 2.24) is 4.98 Å². The van der Waals surface area contributed by atoms with Crippen LogP contribution in [0.15, 0.2) is 51.4 Å². The second-order valence-electron chi connectivity index (χ2n) is 5.12. The average Bonchev–Trinajstić information content (AvgIpc) is 3.01. The highest BCUT2D eigenvalue weighted by molar-refractivity contribution is 9.10. The van der Waals surface area contributed by atoms with Crippen molar-refractivity contribution in [2.75, 3.05) is 11.2 Å². The van der Waals surface area contributed by atoms with Crippen LogP contribution in [0.3, 0.4) is 0 Å². The molecule has 3 rings (SSSR count). The van der Waals surface area contributed by atoms with E-state index in [4.69, 9.17) is 33.7 Å². The van der Waals surface area contributed by atoms with Crippen molar-refractivity contribution >= 4 is 67.6 Å². The molecular formula is C17H13BrCl2N4OS. The summed E-state index contributed by atoms with van der Waals surface area (Å²) in [6.07, 6.45) is 1.64. The first-order valence-corrected chi connectivity index (χ1v) is 9.81. The van der Waals surface area contributed by atoms with Gasteiger partial charge in [-0.05, 0) is 30.3 Å². The Morgan fingerprint density at radius 3 is 2.73 bits per heavy atom. The second kappa shape index (κ2) is 8.73. The molecule has 0 radical (unpaired) electrons. The van der Waals surface area contributed by atoms with Crippen LogP contribution in [0.5, 0.6) is 5.75 Å². The Morgan fingerprint density at radius 1 is 1.27 bits per heavy atom. The molecule has 0 aliphatic heterocycles. The quantitative estimate of drug-likeness (QED) is 0.351. The van der Waals surface area contributed by atoms with Gasteiger partial charge in [-0.15, -0.1) is 11.3 Å². The maximum Gasteiger partial charge on any atom is 0.205 e. The highest BCUT2D eigenvalue weighted by Crippen LogP contribution is 2.28. The van der Waals surface area contributed by atoms with E-state index in [-0.39, 0.29) is 6.61 Å². The molecular weight excluding hydrogens is 459 g/mol. The summed E-state index contributed by atoms with van der Waals surface area (Å²) in [5.74, 6) is 1.10. The van der Waals surface area contributed by atoms with Gasteiger partial charge in [0.25, 0.3) is 0 Å². The standard InChI is InChI=1S/C17H13BrCl2N4OS/c18-11-4-5-15(25-8-12-13(19)2-1-3-14(12)20)10(6-11)7-22-24-17-23-16(21)9-26-17/h1-7,9H,8,21H2,(H,23,24). The lowest BCUT2D eigenvalue weighted by atomic mass is 10.2. The Bertz CT molecular complexity index is 928.